The Hall–Kier alpha value is -2.14. The van der Waals surface area contributed by atoms with Gasteiger partial charge in [0, 0.05) is 34.3 Å². The molecular weight excluding hydrogens is 357 g/mol. The summed E-state index contributed by atoms with van der Waals surface area (Å²) < 4.78 is 18.5. The minimum absolute atomic E-state index is 0.0388. The molecule has 0 bridgehead atoms. The summed E-state index contributed by atoms with van der Waals surface area (Å²) in [4.78, 5) is 25.5. The Morgan fingerprint density at radius 1 is 1.35 bits per heavy atom. The van der Waals surface area contributed by atoms with Crippen molar-refractivity contribution in [3.63, 3.8) is 0 Å². The molecule has 1 atom stereocenters. The van der Waals surface area contributed by atoms with Crippen LogP contribution in [0.15, 0.2) is 40.7 Å². The number of carbonyl (C=O) groups is 2. The number of ether oxygens (including phenoxy) is 1. The summed E-state index contributed by atoms with van der Waals surface area (Å²) in [6.07, 6.45) is 1.05. The number of carbonyl (C=O) groups excluding carboxylic acids is 2. The van der Waals surface area contributed by atoms with Crippen molar-refractivity contribution in [1.82, 2.24) is 5.32 Å². The van der Waals surface area contributed by atoms with Crippen molar-refractivity contribution in [2.75, 3.05) is 7.11 Å². The molecule has 1 aliphatic carbocycles. The standard InChI is InChI=1S/C20H21ClFNO3/c1-10-16(19(25)26-4)17(12-6-5-11(22)7-13(12)21)18-14(23-10)8-20(2,3)9-15(18)24/h5-7,17,23H,8-9H2,1-4H3/t17-/m0/s1. The van der Waals surface area contributed by atoms with Crippen LogP contribution in [0.25, 0.3) is 0 Å². The van der Waals surface area contributed by atoms with Crippen molar-refractivity contribution < 1.29 is 18.7 Å². The maximum Gasteiger partial charge on any atom is 0.336 e. The summed E-state index contributed by atoms with van der Waals surface area (Å²) >= 11 is 6.29. The van der Waals surface area contributed by atoms with Gasteiger partial charge in [0.15, 0.2) is 5.78 Å². The molecule has 4 nitrogen and oxygen atoms in total. The first-order chi connectivity index (χ1) is 12.1. The molecule has 1 aromatic rings. The van der Waals surface area contributed by atoms with Crippen LogP contribution >= 0.6 is 11.6 Å². The number of nitrogens with one attached hydrogen (secondary N) is 1. The van der Waals surface area contributed by atoms with Crippen LogP contribution in [0.5, 0.6) is 0 Å². The number of hydrogen-bond acceptors (Lipinski definition) is 4. The fourth-order valence-electron chi connectivity index (χ4n) is 3.86. The van der Waals surface area contributed by atoms with Crippen molar-refractivity contribution in [3.05, 3.63) is 57.1 Å². The number of ketones is 1. The molecule has 138 valence electrons. The van der Waals surface area contributed by atoms with Gasteiger partial charge < -0.3 is 10.1 Å². The summed E-state index contributed by atoms with van der Waals surface area (Å²) in [6.45, 7) is 5.84. The molecule has 0 fully saturated rings. The second-order valence-corrected chi connectivity index (χ2v) is 7.99. The zero-order valence-electron chi connectivity index (χ0n) is 15.2. The topological polar surface area (TPSA) is 55.4 Å². The summed E-state index contributed by atoms with van der Waals surface area (Å²) in [5.74, 6) is -1.72. The van der Waals surface area contributed by atoms with Crippen molar-refractivity contribution in [2.45, 2.75) is 39.5 Å². The molecule has 0 radical (unpaired) electrons. The predicted molar refractivity (Wildman–Crippen MR) is 97.1 cm³/mol. The summed E-state index contributed by atoms with van der Waals surface area (Å²) in [7, 11) is 1.29. The Labute approximate surface area is 157 Å². The highest BCUT2D eigenvalue weighted by Crippen LogP contribution is 2.48. The van der Waals surface area contributed by atoms with E-state index in [1.54, 1.807) is 6.92 Å². The highest BCUT2D eigenvalue weighted by atomic mass is 35.5. The van der Waals surface area contributed by atoms with E-state index >= 15 is 0 Å². The largest absolute Gasteiger partial charge is 0.466 e. The molecular formula is C20H21ClFNO3. The van der Waals surface area contributed by atoms with Crippen LogP contribution in [-0.2, 0) is 14.3 Å². The molecule has 0 saturated heterocycles. The molecule has 26 heavy (non-hydrogen) atoms. The van der Waals surface area contributed by atoms with E-state index in [1.807, 2.05) is 13.8 Å². The molecule has 1 heterocycles. The number of benzene rings is 1. The van der Waals surface area contributed by atoms with Gasteiger partial charge >= 0.3 is 5.97 Å². The first-order valence-corrected chi connectivity index (χ1v) is 8.79. The lowest BCUT2D eigenvalue weighted by Gasteiger charge is -2.39. The van der Waals surface area contributed by atoms with E-state index in [9.17, 15) is 14.0 Å². The van der Waals surface area contributed by atoms with Crippen LogP contribution in [0.3, 0.4) is 0 Å². The molecule has 2 aliphatic rings. The van der Waals surface area contributed by atoms with Crippen LogP contribution in [0.4, 0.5) is 4.39 Å². The molecule has 0 unspecified atom stereocenters. The summed E-state index contributed by atoms with van der Waals surface area (Å²) in [6, 6.07) is 4.01. The third-order valence-electron chi connectivity index (χ3n) is 4.92. The van der Waals surface area contributed by atoms with Gasteiger partial charge in [0.2, 0.25) is 0 Å². The highest BCUT2D eigenvalue weighted by Gasteiger charge is 2.43. The minimum atomic E-state index is -0.671. The van der Waals surface area contributed by atoms with E-state index in [4.69, 9.17) is 16.3 Å². The van der Waals surface area contributed by atoms with E-state index < -0.39 is 17.7 Å². The molecule has 0 amide bonds. The van der Waals surface area contributed by atoms with Crippen molar-refractivity contribution in [1.29, 1.82) is 0 Å². The Bertz CT molecular complexity index is 870. The van der Waals surface area contributed by atoms with E-state index in [0.29, 0.717) is 35.2 Å². The molecule has 0 aromatic heterocycles. The van der Waals surface area contributed by atoms with Crippen LogP contribution in [0, 0.1) is 11.2 Å². The second-order valence-electron chi connectivity index (χ2n) is 7.59. The molecule has 0 spiro atoms. The van der Waals surface area contributed by atoms with Gasteiger partial charge in [-0.2, -0.15) is 0 Å². The van der Waals surface area contributed by atoms with Crippen molar-refractivity contribution >= 4 is 23.4 Å². The lowest BCUT2D eigenvalue weighted by atomic mass is 9.68. The third kappa shape index (κ3) is 3.16. The van der Waals surface area contributed by atoms with Crippen LogP contribution < -0.4 is 5.32 Å². The predicted octanol–water partition coefficient (Wildman–Crippen LogP) is 4.26. The first kappa shape index (κ1) is 18.6. The zero-order chi connectivity index (χ0) is 19.2. The van der Waals surface area contributed by atoms with Gasteiger partial charge in [-0.3, -0.25) is 4.79 Å². The van der Waals surface area contributed by atoms with Crippen LogP contribution in [-0.4, -0.2) is 18.9 Å². The van der Waals surface area contributed by atoms with Gasteiger partial charge in [-0.25, -0.2) is 9.18 Å². The van der Waals surface area contributed by atoms with Gasteiger partial charge in [0.05, 0.1) is 12.7 Å². The fraction of sp³-hybridized carbons (Fsp3) is 0.400. The average Bonchev–Trinajstić information content (AvgIpc) is 2.51. The fourth-order valence-corrected chi connectivity index (χ4v) is 4.14. The number of esters is 1. The Morgan fingerprint density at radius 3 is 2.65 bits per heavy atom. The number of dihydropyridines is 1. The molecule has 1 aromatic carbocycles. The average molecular weight is 378 g/mol. The molecule has 3 rings (SSSR count). The van der Waals surface area contributed by atoms with Gasteiger partial charge in [0.1, 0.15) is 5.82 Å². The molecule has 1 aliphatic heterocycles. The van der Waals surface area contributed by atoms with Gasteiger partial charge in [0.25, 0.3) is 0 Å². The number of methoxy groups -OCH3 is 1. The zero-order valence-corrected chi connectivity index (χ0v) is 16.0. The smallest absolute Gasteiger partial charge is 0.336 e. The number of halogens is 2. The first-order valence-electron chi connectivity index (χ1n) is 8.42. The van der Waals surface area contributed by atoms with E-state index in [2.05, 4.69) is 5.32 Å². The second kappa shape index (κ2) is 6.54. The van der Waals surface area contributed by atoms with E-state index in [0.717, 1.165) is 5.70 Å². The number of hydrogen-bond donors (Lipinski definition) is 1. The monoisotopic (exact) mass is 377 g/mol. The highest BCUT2D eigenvalue weighted by molar-refractivity contribution is 6.31. The van der Waals surface area contributed by atoms with Gasteiger partial charge in [-0.1, -0.05) is 31.5 Å². The van der Waals surface area contributed by atoms with Crippen molar-refractivity contribution in [2.24, 2.45) is 5.41 Å². The lowest BCUT2D eigenvalue weighted by molar-refractivity contribution is -0.136. The lowest BCUT2D eigenvalue weighted by Crippen LogP contribution is -2.38. The third-order valence-corrected chi connectivity index (χ3v) is 5.25. The molecule has 0 saturated carbocycles. The molecule has 6 heteroatoms. The Balaban J connectivity index is 2.24. The minimum Gasteiger partial charge on any atom is -0.466 e. The summed E-state index contributed by atoms with van der Waals surface area (Å²) in [5, 5.41) is 3.40. The van der Waals surface area contributed by atoms with Crippen LogP contribution in [0.2, 0.25) is 5.02 Å². The maximum atomic E-state index is 13.5. The van der Waals surface area contributed by atoms with Crippen LogP contribution in [0.1, 0.15) is 45.1 Å². The SMILES string of the molecule is COC(=O)C1=C(C)NC2=C(C(=O)CC(C)(C)C2)[C@H]1c1ccc(F)cc1Cl. The van der Waals surface area contributed by atoms with Gasteiger partial charge in [-0.15, -0.1) is 0 Å². The maximum absolute atomic E-state index is 13.5. The molecule has 1 N–H and O–H groups in total. The van der Waals surface area contributed by atoms with Crippen molar-refractivity contribution in [3.8, 4) is 0 Å². The van der Waals surface area contributed by atoms with E-state index in [1.165, 1.54) is 25.3 Å². The number of rotatable bonds is 2. The number of allylic oxidation sites excluding steroid dienone is 3. The summed E-state index contributed by atoms with van der Waals surface area (Å²) in [5.41, 5.74) is 2.60. The van der Waals surface area contributed by atoms with Gasteiger partial charge in [-0.05, 0) is 36.5 Å². The number of Topliss-reactive ketones (excluding diaryl/α,β-unsaturated/α-hetero) is 1. The normalized spacial score (nSPS) is 22.1. The Kier molecular flexibility index (Phi) is 4.69. The Morgan fingerprint density at radius 2 is 2.04 bits per heavy atom. The van der Waals surface area contributed by atoms with E-state index in [-0.39, 0.29) is 16.2 Å². The quantitative estimate of drug-likeness (QED) is 0.782.